The Balaban J connectivity index is 2.05. The normalized spacial score (nSPS) is 10.8. The number of imidazole rings is 1. The third kappa shape index (κ3) is 1.80. The Morgan fingerprint density at radius 2 is 2.11 bits per heavy atom. The predicted molar refractivity (Wildman–Crippen MR) is 69.4 cm³/mol. The van der Waals surface area contributed by atoms with Crippen LogP contribution in [0.1, 0.15) is 0 Å². The van der Waals surface area contributed by atoms with Crippen molar-refractivity contribution in [3.8, 4) is 22.2 Å². The molecule has 0 saturated heterocycles. The summed E-state index contributed by atoms with van der Waals surface area (Å²) in [5.74, 6) is 0.814. The Bertz CT molecular complexity index is 658. The Morgan fingerprint density at radius 3 is 2.83 bits per heavy atom. The van der Waals surface area contributed by atoms with E-state index in [1.54, 1.807) is 18.7 Å². The zero-order valence-electron chi connectivity index (χ0n) is 9.95. The fourth-order valence-corrected chi connectivity index (χ4v) is 2.39. The smallest absolute Gasteiger partial charge is 0.294 e. The van der Waals surface area contributed by atoms with Gasteiger partial charge in [-0.1, -0.05) is 12.1 Å². The van der Waals surface area contributed by atoms with Crippen LogP contribution in [0.25, 0.3) is 16.2 Å². The maximum atomic E-state index is 5.20. The average molecular weight is 261 g/mol. The minimum atomic E-state index is 0.606. The first kappa shape index (κ1) is 11.0. The van der Waals surface area contributed by atoms with E-state index in [0.29, 0.717) is 5.19 Å². The zero-order chi connectivity index (χ0) is 12.5. The minimum Gasteiger partial charge on any atom is -0.497 e. The van der Waals surface area contributed by atoms with Gasteiger partial charge in [0.15, 0.2) is 0 Å². The highest BCUT2D eigenvalue weighted by Crippen LogP contribution is 2.27. The van der Waals surface area contributed by atoms with Crippen LogP contribution < -0.4 is 9.47 Å². The summed E-state index contributed by atoms with van der Waals surface area (Å²) in [6.45, 7) is 0. The molecule has 0 bridgehead atoms. The van der Waals surface area contributed by atoms with Gasteiger partial charge in [0.25, 0.3) is 5.19 Å². The minimum absolute atomic E-state index is 0.606. The van der Waals surface area contributed by atoms with Crippen molar-refractivity contribution in [1.82, 2.24) is 14.6 Å². The molecule has 2 aromatic heterocycles. The van der Waals surface area contributed by atoms with E-state index in [9.17, 15) is 0 Å². The van der Waals surface area contributed by atoms with Gasteiger partial charge in [0.1, 0.15) is 5.75 Å². The van der Waals surface area contributed by atoms with E-state index in [4.69, 9.17) is 9.47 Å². The number of rotatable bonds is 3. The topological polar surface area (TPSA) is 48.7 Å². The standard InChI is InChI=1S/C12H11N3O2S/c1-16-9-5-3-4-8(6-9)10-7-15-11(13-10)18-12(14-15)17-2/h3-7H,1-2H3. The van der Waals surface area contributed by atoms with Crippen LogP contribution in [0.5, 0.6) is 10.9 Å². The zero-order valence-corrected chi connectivity index (χ0v) is 10.8. The first-order chi connectivity index (χ1) is 8.80. The Labute approximate surface area is 108 Å². The molecule has 0 radical (unpaired) electrons. The molecule has 0 N–H and O–H groups in total. The second kappa shape index (κ2) is 4.30. The van der Waals surface area contributed by atoms with Crippen molar-refractivity contribution in [1.29, 1.82) is 0 Å². The van der Waals surface area contributed by atoms with Gasteiger partial charge in [-0.05, 0) is 23.5 Å². The number of aromatic nitrogens is 3. The molecule has 0 aliphatic carbocycles. The summed E-state index contributed by atoms with van der Waals surface area (Å²) >= 11 is 1.41. The van der Waals surface area contributed by atoms with E-state index in [1.165, 1.54) is 11.3 Å². The third-order valence-electron chi connectivity index (χ3n) is 2.56. The van der Waals surface area contributed by atoms with E-state index in [1.807, 2.05) is 30.5 Å². The fraction of sp³-hybridized carbons (Fsp3) is 0.167. The van der Waals surface area contributed by atoms with Crippen molar-refractivity contribution in [2.75, 3.05) is 14.2 Å². The molecule has 0 saturated carbocycles. The molecule has 5 nitrogen and oxygen atoms in total. The number of hydrogen-bond acceptors (Lipinski definition) is 5. The fourth-order valence-electron chi connectivity index (χ4n) is 1.69. The molecule has 0 fully saturated rings. The van der Waals surface area contributed by atoms with Crippen LogP contribution in [0.15, 0.2) is 30.5 Å². The van der Waals surface area contributed by atoms with Gasteiger partial charge in [-0.15, -0.1) is 5.10 Å². The lowest BCUT2D eigenvalue weighted by molar-refractivity contribution is 0.405. The monoisotopic (exact) mass is 261 g/mol. The van der Waals surface area contributed by atoms with Gasteiger partial charge in [0, 0.05) is 5.56 Å². The van der Waals surface area contributed by atoms with Crippen LogP contribution >= 0.6 is 11.3 Å². The van der Waals surface area contributed by atoms with Crippen molar-refractivity contribution in [2.24, 2.45) is 0 Å². The number of benzene rings is 1. The molecule has 0 unspecified atom stereocenters. The molecule has 92 valence electrons. The van der Waals surface area contributed by atoms with E-state index < -0.39 is 0 Å². The summed E-state index contributed by atoms with van der Waals surface area (Å²) in [5, 5.41) is 4.85. The van der Waals surface area contributed by atoms with Crippen molar-refractivity contribution >= 4 is 16.3 Å². The molecule has 3 aromatic rings. The van der Waals surface area contributed by atoms with Crippen molar-refractivity contribution in [3.63, 3.8) is 0 Å². The summed E-state index contributed by atoms with van der Waals surface area (Å²) in [6, 6.07) is 7.79. The van der Waals surface area contributed by atoms with Gasteiger partial charge in [-0.2, -0.15) is 0 Å². The van der Waals surface area contributed by atoms with Crippen LogP contribution in [0.3, 0.4) is 0 Å². The number of fused-ring (bicyclic) bond motifs is 1. The van der Waals surface area contributed by atoms with Gasteiger partial charge < -0.3 is 9.47 Å². The highest BCUT2D eigenvalue weighted by atomic mass is 32.1. The van der Waals surface area contributed by atoms with Crippen molar-refractivity contribution < 1.29 is 9.47 Å². The van der Waals surface area contributed by atoms with E-state index in [0.717, 1.165) is 22.0 Å². The molecule has 1 aromatic carbocycles. The van der Waals surface area contributed by atoms with Crippen molar-refractivity contribution in [2.45, 2.75) is 0 Å². The van der Waals surface area contributed by atoms with Crippen LogP contribution in [0, 0.1) is 0 Å². The predicted octanol–water partition coefficient (Wildman–Crippen LogP) is 2.48. The van der Waals surface area contributed by atoms with Gasteiger partial charge in [-0.3, -0.25) is 0 Å². The van der Waals surface area contributed by atoms with Crippen LogP contribution in [0.2, 0.25) is 0 Å². The molecule has 6 heteroatoms. The van der Waals surface area contributed by atoms with E-state index >= 15 is 0 Å². The molecule has 2 heterocycles. The van der Waals surface area contributed by atoms with E-state index in [-0.39, 0.29) is 0 Å². The summed E-state index contributed by atoms with van der Waals surface area (Å²) in [7, 11) is 3.25. The van der Waals surface area contributed by atoms with Crippen LogP contribution in [0.4, 0.5) is 0 Å². The molecule has 18 heavy (non-hydrogen) atoms. The Morgan fingerprint density at radius 1 is 1.22 bits per heavy atom. The highest BCUT2D eigenvalue weighted by molar-refractivity contribution is 7.18. The lowest BCUT2D eigenvalue weighted by Gasteiger charge is -2.01. The Kier molecular flexibility index (Phi) is 2.64. The molecule has 0 aliphatic rings. The third-order valence-corrected chi connectivity index (χ3v) is 3.45. The summed E-state index contributed by atoms with van der Waals surface area (Å²) < 4.78 is 12.0. The molecule has 0 spiro atoms. The molecular formula is C12H11N3O2S. The maximum Gasteiger partial charge on any atom is 0.294 e. The van der Waals surface area contributed by atoms with Gasteiger partial charge in [-0.25, -0.2) is 9.50 Å². The second-order valence-corrected chi connectivity index (χ2v) is 4.58. The first-order valence-corrected chi connectivity index (χ1v) is 6.16. The number of hydrogen-bond donors (Lipinski definition) is 0. The van der Waals surface area contributed by atoms with Gasteiger partial charge in [0.2, 0.25) is 4.96 Å². The average Bonchev–Trinajstić information content (AvgIpc) is 2.96. The lowest BCUT2D eigenvalue weighted by atomic mass is 10.1. The number of methoxy groups -OCH3 is 2. The molecule has 0 aliphatic heterocycles. The highest BCUT2D eigenvalue weighted by Gasteiger charge is 2.10. The summed E-state index contributed by atoms with van der Waals surface area (Å²) in [5.41, 5.74) is 1.88. The summed E-state index contributed by atoms with van der Waals surface area (Å²) in [6.07, 6.45) is 1.88. The number of nitrogens with zero attached hydrogens (tertiary/aromatic N) is 3. The van der Waals surface area contributed by atoms with Crippen LogP contribution in [-0.4, -0.2) is 28.8 Å². The Hall–Kier alpha value is -2.08. The van der Waals surface area contributed by atoms with Crippen molar-refractivity contribution in [3.05, 3.63) is 30.5 Å². The summed E-state index contributed by atoms with van der Waals surface area (Å²) in [4.78, 5) is 5.32. The molecule has 0 atom stereocenters. The maximum absolute atomic E-state index is 5.20. The lowest BCUT2D eigenvalue weighted by Crippen LogP contribution is -1.85. The molecular weight excluding hydrogens is 250 g/mol. The quantitative estimate of drug-likeness (QED) is 0.726. The molecule has 3 rings (SSSR count). The van der Waals surface area contributed by atoms with Gasteiger partial charge >= 0.3 is 0 Å². The van der Waals surface area contributed by atoms with Gasteiger partial charge in [0.05, 0.1) is 26.1 Å². The van der Waals surface area contributed by atoms with Crippen LogP contribution in [-0.2, 0) is 0 Å². The largest absolute Gasteiger partial charge is 0.497 e. The first-order valence-electron chi connectivity index (χ1n) is 5.35. The van der Waals surface area contributed by atoms with E-state index in [2.05, 4.69) is 10.1 Å². The second-order valence-electron chi connectivity index (χ2n) is 3.66. The SMILES string of the molecule is COc1cccc(-c2cn3nc(OC)sc3n2)c1. The molecule has 0 amide bonds. The number of ether oxygens (including phenoxy) is 2.